The number of hydrogen-bond acceptors (Lipinski definition) is 6. The Bertz CT molecular complexity index is 1360. The lowest BCUT2D eigenvalue weighted by atomic mass is 9.67. The summed E-state index contributed by atoms with van der Waals surface area (Å²) in [6.07, 6.45) is 0. The van der Waals surface area contributed by atoms with Crippen LogP contribution in [0.5, 0.6) is 0 Å². The Morgan fingerprint density at radius 1 is 0.742 bits per heavy atom. The van der Waals surface area contributed by atoms with Crippen LogP contribution in [0, 0.1) is 28.1 Å². The summed E-state index contributed by atoms with van der Waals surface area (Å²) in [5, 5.41) is 27.6. The van der Waals surface area contributed by atoms with Gasteiger partial charge in [-0.25, -0.2) is 14.2 Å². The van der Waals surface area contributed by atoms with Gasteiger partial charge in [0.1, 0.15) is 0 Å². The van der Waals surface area contributed by atoms with Crippen LogP contribution in [0.1, 0.15) is 36.1 Å². The van der Waals surface area contributed by atoms with Crippen molar-refractivity contribution in [1.29, 1.82) is 10.5 Å². The van der Waals surface area contributed by atoms with Crippen LogP contribution in [0.3, 0.4) is 0 Å². The lowest BCUT2D eigenvalue weighted by Gasteiger charge is -2.37. The molecule has 0 aliphatic carbocycles. The quantitative estimate of drug-likeness (QED) is 0.640. The molecule has 0 saturated carbocycles. The standard InChI is InChI=1S/C22H17N7O2/c1-20(2)21(16-8-4-14(12-23)5-9-16)25-26-22(20,17-10-6-15(13-24)7-11-17)29-19(31)27(3)18(30)28(21)29/h4-11H,1-3H3/t21-,22+. The SMILES string of the molecule is Cn1c(=O)n2n(c1=O)[C@]1(c3ccc(C#N)cc3)N=N[C@@]2(c2ccc(C#N)cc2)C1(C)C. The Labute approximate surface area is 176 Å². The van der Waals surface area contributed by atoms with E-state index in [1.54, 1.807) is 48.5 Å². The molecule has 0 N–H and O–H groups in total. The minimum absolute atomic E-state index is 0.474. The monoisotopic (exact) mass is 411 g/mol. The fraction of sp³-hybridized carbons (Fsp3) is 0.273. The van der Waals surface area contributed by atoms with Gasteiger partial charge in [-0.15, -0.1) is 0 Å². The van der Waals surface area contributed by atoms with E-state index in [2.05, 4.69) is 22.4 Å². The van der Waals surface area contributed by atoms with E-state index in [0.717, 1.165) is 4.57 Å². The predicted octanol–water partition coefficient (Wildman–Crippen LogP) is 2.00. The molecule has 2 aliphatic heterocycles. The van der Waals surface area contributed by atoms with Crippen molar-refractivity contribution in [2.75, 3.05) is 0 Å². The van der Waals surface area contributed by atoms with Crippen molar-refractivity contribution in [2.24, 2.45) is 22.7 Å². The second-order valence-electron chi connectivity index (χ2n) is 8.30. The highest BCUT2D eigenvalue weighted by Crippen LogP contribution is 2.64. The number of benzene rings is 2. The summed E-state index contributed by atoms with van der Waals surface area (Å²) in [7, 11) is 1.42. The summed E-state index contributed by atoms with van der Waals surface area (Å²) in [5.41, 5.74) is -2.20. The van der Waals surface area contributed by atoms with Gasteiger partial charge in [0, 0.05) is 18.2 Å². The zero-order valence-corrected chi connectivity index (χ0v) is 17.1. The van der Waals surface area contributed by atoms with Crippen molar-refractivity contribution in [2.45, 2.75) is 25.2 Å². The summed E-state index contributed by atoms with van der Waals surface area (Å²) in [6, 6.07) is 17.8. The third-order valence-electron chi connectivity index (χ3n) is 6.66. The van der Waals surface area contributed by atoms with Crippen molar-refractivity contribution in [3.63, 3.8) is 0 Å². The van der Waals surface area contributed by atoms with E-state index < -0.39 is 28.1 Å². The van der Waals surface area contributed by atoms with Gasteiger partial charge in [-0.3, -0.25) is 0 Å². The molecule has 5 rings (SSSR count). The van der Waals surface area contributed by atoms with Crippen LogP contribution in [0.2, 0.25) is 0 Å². The zero-order chi connectivity index (χ0) is 22.2. The summed E-state index contributed by atoms with van der Waals surface area (Å²) < 4.78 is 3.80. The van der Waals surface area contributed by atoms with E-state index in [-0.39, 0.29) is 0 Å². The van der Waals surface area contributed by atoms with Crippen molar-refractivity contribution in [1.82, 2.24) is 13.9 Å². The molecule has 0 fully saturated rings. The smallest absolute Gasteiger partial charge is 0.246 e. The van der Waals surface area contributed by atoms with Gasteiger partial charge in [-0.1, -0.05) is 38.1 Å². The first-order valence-electron chi connectivity index (χ1n) is 9.63. The number of nitrogens with zero attached hydrogens (tertiary/aromatic N) is 7. The molecule has 0 amide bonds. The first-order chi connectivity index (χ1) is 14.8. The minimum atomic E-state index is -1.29. The number of hydrogen-bond donors (Lipinski definition) is 0. The van der Waals surface area contributed by atoms with Crippen LogP contribution in [0.4, 0.5) is 0 Å². The molecule has 9 heteroatoms. The van der Waals surface area contributed by atoms with E-state index in [9.17, 15) is 20.1 Å². The summed E-state index contributed by atoms with van der Waals surface area (Å²) >= 11 is 0. The molecule has 3 heterocycles. The highest BCUT2D eigenvalue weighted by atomic mass is 16.2. The van der Waals surface area contributed by atoms with Gasteiger partial charge in [-0.05, 0) is 24.3 Å². The van der Waals surface area contributed by atoms with E-state index in [1.807, 2.05) is 13.8 Å². The molecule has 2 atom stereocenters. The molecular weight excluding hydrogens is 394 g/mol. The number of fused-ring (bicyclic) bond motifs is 5. The molecule has 9 nitrogen and oxygen atoms in total. The number of azo groups is 1. The van der Waals surface area contributed by atoms with Gasteiger partial charge >= 0.3 is 11.4 Å². The second-order valence-corrected chi connectivity index (χ2v) is 8.30. The van der Waals surface area contributed by atoms with Crippen molar-refractivity contribution >= 4 is 0 Å². The minimum Gasteiger partial charge on any atom is -0.246 e. The zero-order valence-electron chi connectivity index (χ0n) is 17.1. The van der Waals surface area contributed by atoms with Gasteiger partial charge < -0.3 is 0 Å². The summed E-state index contributed by atoms with van der Waals surface area (Å²) in [4.78, 5) is 26.5. The van der Waals surface area contributed by atoms with Crippen LogP contribution in [-0.2, 0) is 18.4 Å². The summed E-state index contributed by atoms with van der Waals surface area (Å²) in [6.45, 7) is 3.84. The van der Waals surface area contributed by atoms with E-state index in [1.165, 1.54) is 16.4 Å². The van der Waals surface area contributed by atoms with Crippen molar-refractivity contribution < 1.29 is 0 Å². The van der Waals surface area contributed by atoms with Crippen molar-refractivity contribution in [3.8, 4) is 12.1 Å². The fourth-order valence-corrected chi connectivity index (χ4v) is 4.99. The van der Waals surface area contributed by atoms with Crippen molar-refractivity contribution in [3.05, 3.63) is 91.8 Å². The second kappa shape index (κ2) is 5.67. The topological polar surface area (TPSA) is 121 Å². The molecule has 31 heavy (non-hydrogen) atoms. The molecular formula is C22H17N7O2. The molecule has 2 aromatic carbocycles. The molecule has 2 bridgehead atoms. The van der Waals surface area contributed by atoms with Crippen LogP contribution in [0.25, 0.3) is 0 Å². The third-order valence-corrected chi connectivity index (χ3v) is 6.66. The van der Waals surface area contributed by atoms with Gasteiger partial charge in [-0.2, -0.15) is 30.1 Å². The number of nitriles is 2. The van der Waals surface area contributed by atoms with E-state index >= 15 is 0 Å². The van der Waals surface area contributed by atoms with Crippen LogP contribution >= 0.6 is 0 Å². The molecule has 1 aromatic heterocycles. The molecule has 0 radical (unpaired) electrons. The van der Waals surface area contributed by atoms with Crippen LogP contribution < -0.4 is 11.4 Å². The lowest BCUT2D eigenvalue weighted by molar-refractivity contribution is 0.136. The Morgan fingerprint density at radius 2 is 1.10 bits per heavy atom. The first-order valence-corrected chi connectivity index (χ1v) is 9.63. The van der Waals surface area contributed by atoms with E-state index in [4.69, 9.17) is 0 Å². The van der Waals surface area contributed by atoms with Crippen LogP contribution in [0.15, 0.2) is 68.3 Å². The predicted molar refractivity (Wildman–Crippen MR) is 109 cm³/mol. The fourth-order valence-electron chi connectivity index (χ4n) is 4.99. The molecule has 2 aliphatic rings. The largest absolute Gasteiger partial charge is 0.349 e. The van der Waals surface area contributed by atoms with Crippen LogP contribution in [-0.4, -0.2) is 13.9 Å². The average molecular weight is 411 g/mol. The number of aromatic nitrogens is 3. The molecule has 152 valence electrons. The maximum Gasteiger partial charge on any atom is 0.349 e. The molecule has 0 spiro atoms. The Morgan fingerprint density at radius 3 is 1.42 bits per heavy atom. The average Bonchev–Trinajstić information content (AvgIpc) is 3.25. The molecule has 0 unspecified atom stereocenters. The van der Waals surface area contributed by atoms with Gasteiger partial charge in [0.15, 0.2) is 0 Å². The highest BCUT2D eigenvalue weighted by molar-refractivity contribution is 5.44. The van der Waals surface area contributed by atoms with Gasteiger partial charge in [0.25, 0.3) is 0 Å². The lowest BCUT2D eigenvalue weighted by Crippen LogP contribution is -2.50. The maximum atomic E-state index is 13.2. The van der Waals surface area contributed by atoms with Gasteiger partial charge in [0.05, 0.1) is 28.7 Å². The first kappa shape index (κ1) is 18.8. The Hall–Kier alpha value is -4.24. The highest BCUT2D eigenvalue weighted by Gasteiger charge is 2.74. The number of rotatable bonds is 2. The Balaban J connectivity index is 1.90. The maximum absolute atomic E-state index is 13.2. The molecule has 3 aromatic rings. The summed E-state index contributed by atoms with van der Waals surface area (Å²) in [5.74, 6) is 0. The van der Waals surface area contributed by atoms with E-state index in [0.29, 0.717) is 22.3 Å². The molecule has 0 saturated heterocycles. The van der Waals surface area contributed by atoms with Gasteiger partial charge in [0.2, 0.25) is 11.3 Å². The third kappa shape index (κ3) is 1.85. The normalized spacial score (nSPS) is 24.5. The Kier molecular flexibility index (Phi) is 3.43.